The van der Waals surface area contributed by atoms with Gasteiger partial charge >= 0.3 is 6.36 Å². The molecule has 172 valence electrons. The van der Waals surface area contributed by atoms with Gasteiger partial charge in [-0.3, -0.25) is 14.4 Å². The Hall–Kier alpha value is -2.82. The van der Waals surface area contributed by atoms with Gasteiger partial charge in [-0.05, 0) is 31.5 Å². The summed E-state index contributed by atoms with van der Waals surface area (Å²) in [5, 5.41) is 0. The smallest absolute Gasteiger partial charge is 0.406 e. The predicted molar refractivity (Wildman–Crippen MR) is 104 cm³/mol. The predicted octanol–water partition coefficient (Wildman–Crippen LogP) is 1.82. The molecule has 1 heterocycles. The highest BCUT2D eigenvalue weighted by Gasteiger charge is 2.32. The standard InChI is InChI=1S/C20H26F3N3O5/c1-13(2)26-10-16(9-25(11-19(26)29)18(28)8-7-17(24)27)30-12-14-3-5-15(6-4-14)31-20(21,22)23/h3-6,13,16H,7-12H2,1-2H3,(H2,24,27)/t16-/m1/s1. The quantitative estimate of drug-likeness (QED) is 0.658. The summed E-state index contributed by atoms with van der Waals surface area (Å²) in [7, 11) is 0. The highest BCUT2D eigenvalue weighted by Crippen LogP contribution is 2.23. The van der Waals surface area contributed by atoms with Crippen molar-refractivity contribution in [1.82, 2.24) is 9.80 Å². The third-order valence-electron chi connectivity index (χ3n) is 4.67. The molecule has 0 spiro atoms. The normalized spacial score (nSPS) is 17.6. The fourth-order valence-corrected chi connectivity index (χ4v) is 3.13. The van der Waals surface area contributed by atoms with Gasteiger partial charge in [-0.1, -0.05) is 12.1 Å². The van der Waals surface area contributed by atoms with Gasteiger partial charge in [0.05, 0.1) is 19.3 Å². The molecule has 8 nitrogen and oxygen atoms in total. The second-order valence-electron chi connectivity index (χ2n) is 7.51. The van der Waals surface area contributed by atoms with Gasteiger partial charge in [0.1, 0.15) is 5.75 Å². The zero-order valence-corrected chi connectivity index (χ0v) is 17.4. The van der Waals surface area contributed by atoms with Crippen molar-refractivity contribution < 1.29 is 37.0 Å². The molecule has 0 aliphatic carbocycles. The minimum atomic E-state index is -4.77. The number of halogens is 3. The van der Waals surface area contributed by atoms with E-state index in [1.807, 2.05) is 13.8 Å². The summed E-state index contributed by atoms with van der Waals surface area (Å²) in [6.07, 6.45) is -5.50. The van der Waals surface area contributed by atoms with Crippen molar-refractivity contribution in [3.63, 3.8) is 0 Å². The zero-order chi connectivity index (χ0) is 23.2. The fraction of sp³-hybridized carbons (Fsp3) is 0.550. The van der Waals surface area contributed by atoms with E-state index >= 15 is 0 Å². The lowest BCUT2D eigenvalue weighted by Crippen LogP contribution is -2.42. The van der Waals surface area contributed by atoms with E-state index in [0.29, 0.717) is 5.56 Å². The number of hydrogen-bond acceptors (Lipinski definition) is 5. The molecular weight excluding hydrogens is 419 g/mol. The number of nitrogens with zero attached hydrogens (tertiary/aromatic N) is 2. The minimum absolute atomic E-state index is 0.0698. The first-order chi connectivity index (χ1) is 14.4. The summed E-state index contributed by atoms with van der Waals surface area (Å²) < 4.78 is 46.5. The summed E-state index contributed by atoms with van der Waals surface area (Å²) in [6.45, 7) is 4.03. The molecule has 2 rings (SSSR count). The van der Waals surface area contributed by atoms with Gasteiger partial charge in [0.25, 0.3) is 0 Å². The number of nitrogens with two attached hydrogens (primary N) is 1. The number of benzene rings is 1. The minimum Gasteiger partial charge on any atom is -0.406 e. The third-order valence-corrected chi connectivity index (χ3v) is 4.67. The van der Waals surface area contributed by atoms with Gasteiger partial charge in [-0.15, -0.1) is 13.2 Å². The molecule has 2 N–H and O–H groups in total. The average molecular weight is 445 g/mol. The number of amides is 3. The number of alkyl halides is 3. The largest absolute Gasteiger partial charge is 0.573 e. The van der Waals surface area contributed by atoms with E-state index in [1.54, 1.807) is 4.90 Å². The van der Waals surface area contributed by atoms with Crippen molar-refractivity contribution in [3.05, 3.63) is 29.8 Å². The highest BCUT2D eigenvalue weighted by molar-refractivity contribution is 5.87. The van der Waals surface area contributed by atoms with Crippen LogP contribution in [0.1, 0.15) is 32.3 Å². The Morgan fingerprint density at radius 2 is 1.81 bits per heavy atom. The van der Waals surface area contributed by atoms with Crippen LogP contribution in [0.2, 0.25) is 0 Å². The van der Waals surface area contributed by atoms with E-state index in [1.165, 1.54) is 29.2 Å². The molecule has 1 fully saturated rings. The molecule has 1 saturated heterocycles. The topological polar surface area (TPSA) is 102 Å². The molecule has 1 aliphatic rings. The zero-order valence-electron chi connectivity index (χ0n) is 17.4. The maximum atomic E-state index is 12.6. The number of carbonyl (C=O) groups excluding carboxylic acids is 3. The SMILES string of the molecule is CC(C)N1C[C@H](OCc2ccc(OC(F)(F)F)cc2)CN(C(=O)CCC(N)=O)CC1=O. The van der Waals surface area contributed by atoms with Gasteiger partial charge in [0.15, 0.2) is 0 Å². The number of primary amides is 1. The van der Waals surface area contributed by atoms with Gasteiger partial charge < -0.3 is 25.0 Å². The van der Waals surface area contributed by atoms with E-state index in [9.17, 15) is 27.6 Å². The molecule has 11 heteroatoms. The van der Waals surface area contributed by atoms with Crippen LogP contribution in [-0.4, -0.2) is 65.7 Å². The van der Waals surface area contributed by atoms with Crippen LogP contribution >= 0.6 is 0 Å². The van der Waals surface area contributed by atoms with Crippen LogP contribution in [0.5, 0.6) is 5.75 Å². The molecule has 1 aliphatic heterocycles. The number of hydrogen-bond donors (Lipinski definition) is 1. The van der Waals surface area contributed by atoms with Crippen LogP contribution in [0, 0.1) is 0 Å². The Morgan fingerprint density at radius 1 is 1.16 bits per heavy atom. The number of rotatable bonds is 8. The summed E-state index contributed by atoms with van der Waals surface area (Å²) in [5.41, 5.74) is 5.70. The molecule has 31 heavy (non-hydrogen) atoms. The van der Waals surface area contributed by atoms with Gasteiger partial charge in [0, 0.05) is 32.0 Å². The summed E-state index contributed by atoms with van der Waals surface area (Å²) in [4.78, 5) is 38.9. The molecule has 0 radical (unpaired) electrons. The summed E-state index contributed by atoms with van der Waals surface area (Å²) >= 11 is 0. The van der Waals surface area contributed by atoms with Crippen LogP contribution in [0.15, 0.2) is 24.3 Å². The molecule has 0 saturated carbocycles. The second-order valence-corrected chi connectivity index (χ2v) is 7.51. The monoisotopic (exact) mass is 445 g/mol. The maximum absolute atomic E-state index is 12.6. The first kappa shape index (κ1) is 24.4. The molecule has 1 atom stereocenters. The number of carbonyl (C=O) groups is 3. The van der Waals surface area contributed by atoms with Crippen molar-refractivity contribution in [2.75, 3.05) is 19.6 Å². The lowest BCUT2D eigenvalue weighted by atomic mass is 10.2. The highest BCUT2D eigenvalue weighted by atomic mass is 19.4. The Kier molecular flexibility index (Phi) is 8.26. The summed E-state index contributed by atoms with van der Waals surface area (Å²) in [6, 6.07) is 5.14. The van der Waals surface area contributed by atoms with E-state index in [4.69, 9.17) is 10.5 Å². The van der Waals surface area contributed by atoms with E-state index in [0.717, 1.165) is 0 Å². The molecule has 1 aromatic rings. The van der Waals surface area contributed by atoms with Crippen molar-refractivity contribution in [3.8, 4) is 5.75 Å². The fourth-order valence-electron chi connectivity index (χ4n) is 3.13. The van der Waals surface area contributed by atoms with Gasteiger partial charge in [-0.25, -0.2) is 0 Å². The van der Waals surface area contributed by atoms with Crippen LogP contribution in [-0.2, 0) is 25.7 Å². The Morgan fingerprint density at radius 3 is 2.35 bits per heavy atom. The van der Waals surface area contributed by atoms with Crippen molar-refractivity contribution in [2.24, 2.45) is 5.73 Å². The van der Waals surface area contributed by atoms with Crippen LogP contribution in [0.3, 0.4) is 0 Å². The molecule has 0 unspecified atom stereocenters. The van der Waals surface area contributed by atoms with Gasteiger partial charge in [-0.2, -0.15) is 0 Å². The third kappa shape index (κ3) is 8.08. The lowest BCUT2D eigenvalue weighted by Gasteiger charge is -2.27. The molecule has 0 aromatic heterocycles. The Bertz CT molecular complexity index is 783. The molecule has 0 bridgehead atoms. The van der Waals surface area contributed by atoms with Crippen molar-refractivity contribution in [2.45, 2.75) is 51.8 Å². The van der Waals surface area contributed by atoms with E-state index in [-0.39, 0.29) is 62.7 Å². The second kappa shape index (κ2) is 10.5. The first-order valence-corrected chi connectivity index (χ1v) is 9.76. The van der Waals surface area contributed by atoms with Gasteiger partial charge in [0.2, 0.25) is 17.7 Å². The van der Waals surface area contributed by atoms with Crippen molar-refractivity contribution >= 4 is 17.7 Å². The van der Waals surface area contributed by atoms with Crippen LogP contribution in [0.25, 0.3) is 0 Å². The average Bonchev–Trinajstić information content (AvgIpc) is 2.83. The maximum Gasteiger partial charge on any atom is 0.573 e. The van der Waals surface area contributed by atoms with Crippen molar-refractivity contribution in [1.29, 1.82) is 0 Å². The van der Waals surface area contributed by atoms with E-state index in [2.05, 4.69) is 4.74 Å². The lowest BCUT2D eigenvalue weighted by molar-refractivity contribution is -0.274. The summed E-state index contributed by atoms with van der Waals surface area (Å²) in [5.74, 6) is -1.56. The van der Waals surface area contributed by atoms with E-state index < -0.39 is 18.4 Å². The first-order valence-electron chi connectivity index (χ1n) is 9.76. The van der Waals surface area contributed by atoms with Crippen LogP contribution < -0.4 is 10.5 Å². The Balaban J connectivity index is 2.04. The molecule has 3 amide bonds. The van der Waals surface area contributed by atoms with Crippen LogP contribution in [0.4, 0.5) is 13.2 Å². The Labute approximate surface area is 178 Å². The molecule has 1 aromatic carbocycles. The molecular formula is C20H26F3N3O5. The number of ether oxygens (including phenoxy) is 2.